The molecule has 0 aliphatic carbocycles. The molecule has 0 fully saturated rings. The SMILES string of the molecule is CN(C)CCOc1ccc(OCc2cc(CCC(=O)OC(C)(C)C)cc(CCN3C(=O)c4ccccc4C3=O)c2)cc1. The van der Waals surface area contributed by atoms with Crippen molar-refractivity contribution in [2.24, 2.45) is 0 Å². The standard InChI is InChI=1S/C34H40N2O6/c1-34(2,3)42-31(37)15-10-24-20-25(16-17-36-32(38)29-8-6-7-9-30(29)33(36)39)22-26(21-24)23-41-28-13-11-27(12-14-28)40-19-18-35(4)5/h6-9,11-14,20-22H,10,15-19,23H2,1-5H3. The summed E-state index contributed by atoms with van der Waals surface area (Å²) < 4.78 is 17.3. The number of likely N-dealkylation sites (N-methyl/N-ethyl adjacent to an activating group) is 1. The van der Waals surface area contributed by atoms with Crippen LogP contribution in [0.25, 0.3) is 0 Å². The van der Waals surface area contributed by atoms with Crippen molar-refractivity contribution in [1.29, 1.82) is 0 Å². The van der Waals surface area contributed by atoms with Crippen molar-refractivity contribution in [3.05, 3.63) is 94.5 Å². The number of ether oxygens (including phenoxy) is 3. The highest BCUT2D eigenvalue weighted by molar-refractivity contribution is 6.21. The monoisotopic (exact) mass is 572 g/mol. The van der Waals surface area contributed by atoms with Crippen LogP contribution in [0.5, 0.6) is 11.5 Å². The Morgan fingerprint density at radius 3 is 1.90 bits per heavy atom. The summed E-state index contributed by atoms with van der Waals surface area (Å²) in [6.07, 6.45) is 1.23. The van der Waals surface area contributed by atoms with Gasteiger partial charge in [-0.2, -0.15) is 0 Å². The minimum Gasteiger partial charge on any atom is -0.492 e. The number of nitrogens with zero attached hydrogens (tertiary/aromatic N) is 2. The largest absolute Gasteiger partial charge is 0.492 e. The maximum absolute atomic E-state index is 12.8. The topological polar surface area (TPSA) is 85.4 Å². The van der Waals surface area contributed by atoms with E-state index in [0.29, 0.717) is 42.9 Å². The lowest BCUT2D eigenvalue weighted by atomic mass is 10.0. The molecule has 3 aromatic rings. The summed E-state index contributed by atoms with van der Waals surface area (Å²) in [5.41, 5.74) is 3.19. The van der Waals surface area contributed by atoms with Crippen LogP contribution in [0.2, 0.25) is 0 Å². The number of carbonyl (C=O) groups excluding carboxylic acids is 3. The van der Waals surface area contributed by atoms with E-state index < -0.39 is 5.60 Å². The zero-order valence-electron chi connectivity index (χ0n) is 25.1. The fourth-order valence-electron chi connectivity index (χ4n) is 4.68. The minimum absolute atomic E-state index is 0.245. The van der Waals surface area contributed by atoms with E-state index in [1.54, 1.807) is 24.3 Å². The Labute approximate surface area is 248 Å². The van der Waals surface area contributed by atoms with Gasteiger partial charge in [0.05, 0.1) is 11.1 Å². The molecule has 1 aliphatic rings. The molecular formula is C34H40N2O6. The fraction of sp³-hybridized carbons (Fsp3) is 0.382. The maximum atomic E-state index is 12.8. The molecule has 0 spiro atoms. The van der Waals surface area contributed by atoms with Crippen LogP contribution in [0.15, 0.2) is 66.7 Å². The normalized spacial score (nSPS) is 13.0. The number of fused-ring (bicyclic) bond motifs is 1. The van der Waals surface area contributed by atoms with E-state index in [1.165, 1.54) is 4.90 Å². The molecule has 8 nitrogen and oxygen atoms in total. The van der Waals surface area contributed by atoms with E-state index in [1.807, 2.05) is 77.3 Å². The van der Waals surface area contributed by atoms with Crippen molar-refractivity contribution >= 4 is 17.8 Å². The lowest BCUT2D eigenvalue weighted by molar-refractivity contribution is -0.154. The highest BCUT2D eigenvalue weighted by Gasteiger charge is 2.34. The summed E-state index contributed by atoms with van der Waals surface area (Å²) >= 11 is 0. The number of esters is 1. The Balaban J connectivity index is 1.43. The van der Waals surface area contributed by atoms with Crippen molar-refractivity contribution in [1.82, 2.24) is 9.80 Å². The number of benzene rings is 3. The van der Waals surface area contributed by atoms with E-state index in [0.717, 1.165) is 29.0 Å². The average molecular weight is 573 g/mol. The fourth-order valence-corrected chi connectivity index (χ4v) is 4.68. The first-order chi connectivity index (χ1) is 20.0. The zero-order chi connectivity index (χ0) is 30.3. The van der Waals surface area contributed by atoms with Gasteiger partial charge in [0.2, 0.25) is 0 Å². The van der Waals surface area contributed by atoms with Gasteiger partial charge < -0.3 is 19.1 Å². The van der Waals surface area contributed by atoms with Crippen molar-refractivity contribution in [3.8, 4) is 11.5 Å². The van der Waals surface area contributed by atoms with Gasteiger partial charge >= 0.3 is 5.97 Å². The van der Waals surface area contributed by atoms with Gasteiger partial charge in [-0.05, 0) is 101 Å². The van der Waals surface area contributed by atoms with Gasteiger partial charge in [0, 0.05) is 19.5 Å². The van der Waals surface area contributed by atoms with Crippen molar-refractivity contribution in [3.63, 3.8) is 0 Å². The molecular weight excluding hydrogens is 532 g/mol. The first-order valence-electron chi connectivity index (χ1n) is 14.3. The molecule has 1 aliphatic heterocycles. The third-order valence-electron chi connectivity index (χ3n) is 6.69. The Morgan fingerprint density at radius 1 is 0.786 bits per heavy atom. The number of imide groups is 1. The van der Waals surface area contributed by atoms with E-state index in [9.17, 15) is 14.4 Å². The van der Waals surface area contributed by atoms with E-state index in [4.69, 9.17) is 14.2 Å². The summed E-state index contributed by atoms with van der Waals surface area (Å²) in [6, 6.07) is 20.5. The van der Waals surface area contributed by atoms with Crippen molar-refractivity contribution in [2.75, 3.05) is 33.8 Å². The van der Waals surface area contributed by atoms with Crippen molar-refractivity contribution < 1.29 is 28.6 Å². The number of aryl methyl sites for hydroxylation is 1. The zero-order valence-corrected chi connectivity index (χ0v) is 25.1. The molecule has 0 N–H and O–H groups in total. The van der Waals surface area contributed by atoms with Crippen LogP contribution in [0.4, 0.5) is 0 Å². The second kappa shape index (κ2) is 13.7. The van der Waals surface area contributed by atoms with Gasteiger partial charge in [-0.1, -0.05) is 30.3 Å². The van der Waals surface area contributed by atoms with Gasteiger partial charge in [-0.3, -0.25) is 19.3 Å². The minimum atomic E-state index is -0.544. The quantitative estimate of drug-likeness (QED) is 0.202. The molecule has 2 amide bonds. The Morgan fingerprint density at radius 2 is 1.33 bits per heavy atom. The Kier molecular flexibility index (Phi) is 10.0. The molecule has 3 aromatic carbocycles. The molecule has 0 bridgehead atoms. The summed E-state index contributed by atoms with van der Waals surface area (Å²) in [4.78, 5) is 41.4. The number of rotatable bonds is 13. The predicted molar refractivity (Wildman–Crippen MR) is 161 cm³/mol. The molecule has 0 saturated heterocycles. The first kappa shape index (κ1) is 30.8. The molecule has 222 valence electrons. The molecule has 42 heavy (non-hydrogen) atoms. The number of hydrogen-bond acceptors (Lipinski definition) is 7. The number of carbonyl (C=O) groups is 3. The van der Waals surface area contributed by atoms with Gasteiger partial charge in [0.1, 0.15) is 30.3 Å². The smallest absolute Gasteiger partial charge is 0.306 e. The van der Waals surface area contributed by atoms with E-state index >= 15 is 0 Å². The summed E-state index contributed by atoms with van der Waals surface area (Å²) in [5, 5.41) is 0. The molecule has 1 heterocycles. The van der Waals surface area contributed by atoms with Crippen LogP contribution in [-0.4, -0.2) is 67.0 Å². The number of hydrogen-bond donors (Lipinski definition) is 0. The number of amides is 2. The van der Waals surface area contributed by atoms with Crippen LogP contribution >= 0.6 is 0 Å². The van der Waals surface area contributed by atoms with Crippen LogP contribution in [0.3, 0.4) is 0 Å². The van der Waals surface area contributed by atoms with E-state index in [2.05, 4.69) is 4.90 Å². The third-order valence-corrected chi connectivity index (χ3v) is 6.69. The maximum Gasteiger partial charge on any atom is 0.306 e. The summed E-state index contributed by atoms with van der Waals surface area (Å²) in [6.45, 7) is 7.57. The average Bonchev–Trinajstić information content (AvgIpc) is 3.18. The molecule has 0 saturated carbocycles. The van der Waals surface area contributed by atoms with Gasteiger partial charge in [0.25, 0.3) is 11.8 Å². The van der Waals surface area contributed by atoms with Crippen LogP contribution < -0.4 is 9.47 Å². The van der Waals surface area contributed by atoms with Gasteiger partial charge in [-0.25, -0.2) is 0 Å². The van der Waals surface area contributed by atoms with Gasteiger partial charge in [0.15, 0.2) is 0 Å². The second-order valence-electron chi connectivity index (χ2n) is 11.7. The first-order valence-corrected chi connectivity index (χ1v) is 14.3. The van der Waals surface area contributed by atoms with Gasteiger partial charge in [-0.15, -0.1) is 0 Å². The molecule has 0 atom stereocenters. The van der Waals surface area contributed by atoms with Crippen LogP contribution in [-0.2, 0) is 29.0 Å². The molecule has 0 radical (unpaired) electrons. The van der Waals surface area contributed by atoms with Crippen LogP contribution in [0, 0.1) is 0 Å². The Hall–Kier alpha value is -4.17. The lowest BCUT2D eigenvalue weighted by Crippen LogP contribution is -2.31. The Bertz CT molecular complexity index is 1370. The highest BCUT2D eigenvalue weighted by Crippen LogP contribution is 2.24. The molecule has 4 rings (SSSR count). The predicted octanol–water partition coefficient (Wildman–Crippen LogP) is 5.32. The summed E-state index contributed by atoms with van der Waals surface area (Å²) in [7, 11) is 4.01. The lowest BCUT2D eigenvalue weighted by Gasteiger charge is -2.19. The van der Waals surface area contributed by atoms with E-state index in [-0.39, 0.29) is 30.7 Å². The molecule has 8 heteroatoms. The highest BCUT2D eigenvalue weighted by atomic mass is 16.6. The van der Waals surface area contributed by atoms with Crippen molar-refractivity contribution in [2.45, 2.75) is 52.2 Å². The molecule has 0 unspecified atom stereocenters. The molecule has 0 aromatic heterocycles. The second-order valence-corrected chi connectivity index (χ2v) is 11.7. The third kappa shape index (κ3) is 8.66. The van der Waals surface area contributed by atoms with Crippen LogP contribution in [0.1, 0.15) is 64.6 Å². The summed E-state index contributed by atoms with van der Waals surface area (Å²) in [5.74, 6) is 0.693.